The summed E-state index contributed by atoms with van der Waals surface area (Å²) in [5.41, 5.74) is 1.12. The van der Waals surface area contributed by atoms with Crippen molar-refractivity contribution in [3.05, 3.63) is 48.3 Å². The fraction of sp³-hybridized carbons (Fsp3) is 0.286. The van der Waals surface area contributed by atoms with Gasteiger partial charge in [0.25, 0.3) is 0 Å². The molecule has 2 rings (SSSR count). The maximum absolute atomic E-state index is 11.1. The molecule has 1 heterocycles. The van der Waals surface area contributed by atoms with Crippen LogP contribution in [-0.2, 0) is 11.2 Å². The average molecular weight is 244 g/mol. The van der Waals surface area contributed by atoms with Gasteiger partial charge >= 0.3 is 5.97 Å². The minimum absolute atomic E-state index is 0.467. The summed E-state index contributed by atoms with van der Waals surface area (Å²) in [5.74, 6) is -0.796. The normalized spacial score (nSPS) is 11.4. The summed E-state index contributed by atoms with van der Waals surface area (Å²) >= 11 is 0. The van der Waals surface area contributed by atoms with E-state index in [1.165, 1.54) is 0 Å². The zero-order chi connectivity index (χ0) is 13.2. The van der Waals surface area contributed by atoms with Crippen molar-refractivity contribution in [3.63, 3.8) is 0 Å². The summed E-state index contributed by atoms with van der Waals surface area (Å²) in [6.07, 6.45) is 4.06. The molecular formula is C14H16N2O2. The van der Waals surface area contributed by atoms with Crippen molar-refractivity contribution in [2.24, 2.45) is 5.41 Å². The number of hydrogen-bond acceptors (Lipinski definition) is 2. The number of rotatable bonds is 4. The van der Waals surface area contributed by atoms with Gasteiger partial charge in [-0.05, 0) is 38.0 Å². The lowest BCUT2D eigenvalue weighted by Gasteiger charge is -2.17. The Morgan fingerprint density at radius 3 is 2.61 bits per heavy atom. The van der Waals surface area contributed by atoms with E-state index in [4.69, 9.17) is 5.11 Å². The number of carbonyl (C=O) groups is 1. The zero-order valence-electron chi connectivity index (χ0n) is 10.5. The van der Waals surface area contributed by atoms with Gasteiger partial charge in [-0.2, -0.15) is 5.10 Å². The lowest BCUT2D eigenvalue weighted by molar-refractivity contribution is -0.146. The third-order valence-corrected chi connectivity index (χ3v) is 2.88. The Bertz CT molecular complexity index is 544. The third kappa shape index (κ3) is 2.59. The maximum Gasteiger partial charge on any atom is 0.309 e. The van der Waals surface area contributed by atoms with Crippen LogP contribution < -0.4 is 0 Å². The van der Waals surface area contributed by atoms with Gasteiger partial charge in [-0.25, -0.2) is 4.68 Å². The number of aromatic nitrogens is 2. The Morgan fingerprint density at radius 2 is 2.00 bits per heavy atom. The van der Waals surface area contributed by atoms with Crippen LogP contribution in [0.2, 0.25) is 0 Å². The molecule has 1 aromatic carbocycles. The SMILES string of the molecule is CC(C)(Cc1cnn(-c2ccccc2)c1)C(=O)O. The predicted molar refractivity (Wildman–Crippen MR) is 68.7 cm³/mol. The number of benzene rings is 1. The van der Waals surface area contributed by atoms with Crippen LogP contribution in [-0.4, -0.2) is 20.9 Å². The smallest absolute Gasteiger partial charge is 0.309 e. The van der Waals surface area contributed by atoms with E-state index >= 15 is 0 Å². The molecule has 0 saturated heterocycles. The first kappa shape index (κ1) is 12.4. The molecule has 0 fully saturated rings. The van der Waals surface area contributed by atoms with E-state index in [-0.39, 0.29) is 0 Å². The van der Waals surface area contributed by atoms with Crippen molar-refractivity contribution in [1.82, 2.24) is 9.78 Å². The number of nitrogens with zero attached hydrogens (tertiary/aromatic N) is 2. The largest absolute Gasteiger partial charge is 0.481 e. The molecule has 18 heavy (non-hydrogen) atoms. The summed E-state index contributed by atoms with van der Waals surface area (Å²) < 4.78 is 1.76. The van der Waals surface area contributed by atoms with Crippen LogP contribution in [0.4, 0.5) is 0 Å². The van der Waals surface area contributed by atoms with Crippen LogP contribution in [0.5, 0.6) is 0 Å². The zero-order valence-corrected chi connectivity index (χ0v) is 10.5. The van der Waals surface area contributed by atoms with Gasteiger partial charge < -0.3 is 5.11 Å². The van der Waals surface area contributed by atoms with Crippen molar-refractivity contribution < 1.29 is 9.90 Å². The molecule has 0 amide bonds. The molecule has 2 aromatic rings. The van der Waals surface area contributed by atoms with Crippen LogP contribution in [0.1, 0.15) is 19.4 Å². The Kier molecular flexibility index (Phi) is 3.19. The topological polar surface area (TPSA) is 55.1 Å². The maximum atomic E-state index is 11.1. The van der Waals surface area contributed by atoms with Crippen LogP contribution in [0.3, 0.4) is 0 Å². The van der Waals surface area contributed by atoms with Crippen LogP contribution in [0.15, 0.2) is 42.7 Å². The molecule has 1 aromatic heterocycles. The summed E-state index contributed by atoms with van der Waals surface area (Å²) in [6.45, 7) is 3.43. The number of carboxylic acids is 1. The van der Waals surface area contributed by atoms with E-state index in [2.05, 4.69) is 5.10 Å². The molecule has 0 radical (unpaired) electrons. The fourth-order valence-corrected chi connectivity index (χ4v) is 1.76. The van der Waals surface area contributed by atoms with Crippen molar-refractivity contribution >= 4 is 5.97 Å². The lowest BCUT2D eigenvalue weighted by atomic mass is 9.87. The molecule has 0 unspecified atom stereocenters. The molecule has 0 aliphatic carbocycles. The van der Waals surface area contributed by atoms with Gasteiger partial charge in [0.1, 0.15) is 0 Å². The van der Waals surface area contributed by atoms with Gasteiger partial charge in [-0.1, -0.05) is 18.2 Å². The highest BCUT2D eigenvalue weighted by molar-refractivity contribution is 5.74. The van der Waals surface area contributed by atoms with Crippen molar-refractivity contribution in [2.45, 2.75) is 20.3 Å². The standard InChI is InChI=1S/C14H16N2O2/c1-14(2,13(17)18)8-11-9-15-16(10-11)12-6-4-3-5-7-12/h3-7,9-10H,8H2,1-2H3,(H,17,18). The van der Waals surface area contributed by atoms with Gasteiger partial charge in [-0.15, -0.1) is 0 Å². The highest BCUT2D eigenvalue weighted by Crippen LogP contribution is 2.22. The summed E-state index contributed by atoms with van der Waals surface area (Å²) in [4.78, 5) is 11.1. The Labute approximate surface area is 106 Å². The molecule has 1 N–H and O–H groups in total. The van der Waals surface area contributed by atoms with Crippen LogP contribution in [0.25, 0.3) is 5.69 Å². The van der Waals surface area contributed by atoms with E-state index in [1.54, 1.807) is 24.7 Å². The number of carboxylic acid groups (broad SMARTS) is 1. The van der Waals surface area contributed by atoms with Crippen molar-refractivity contribution in [3.8, 4) is 5.69 Å². The Morgan fingerprint density at radius 1 is 1.33 bits per heavy atom. The first-order valence-corrected chi connectivity index (χ1v) is 5.81. The van der Waals surface area contributed by atoms with Gasteiger partial charge in [0, 0.05) is 6.20 Å². The molecule has 0 aliphatic rings. The van der Waals surface area contributed by atoms with Gasteiger partial charge in [-0.3, -0.25) is 4.79 Å². The molecular weight excluding hydrogens is 228 g/mol. The molecule has 0 spiro atoms. The van der Waals surface area contributed by atoms with Gasteiger partial charge in [0.15, 0.2) is 0 Å². The molecule has 0 atom stereocenters. The Hall–Kier alpha value is -2.10. The number of hydrogen-bond donors (Lipinski definition) is 1. The van der Waals surface area contributed by atoms with Crippen molar-refractivity contribution in [1.29, 1.82) is 0 Å². The summed E-state index contributed by atoms with van der Waals surface area (Å²) in [7, 11) is 0. The monoisotopic (exact) mass is 244 g/mol. The quantitative estimate of drug-likeness (QED) is 0.899. The lowest BCUT2D eigenvalue weighted by Crippen LogP contribution is -2.25. The van der Waals surface area contributed by atoms with E-state index in [0.717, 1.165) is 11.3 Å². The molecule has 0 bridgehead atoms. The van der Waals surface area contributed by atoms with E-state index < -0.39 is 11.4 Å². The second-order valence-corrected chi connectivity index (χ2v) is 4.99. The highest BCUT2D eigenvalue weighted by Gasteiger charge is 2.27. The summed E-state index contributed by atoms with van der Waals surface area (Å²) in [5, 5.41) is 13.4. The van der Waals surface area contributed by atoms with Crippen LogP contribution >= 0.6 is 0 Å². The molecule has 4 heteroatoms. The van der Waals surface area contributed by atoms with Gasteiger partial charge in [0.2, 0.25) is 0 Å². The number of para-hydroxylation sites is 1. The number of aliphatic carboxylic acids is 1. The predicted octanol–water partition coefficient (Wildman–Crippen LogP) is 2.53. The molecule has 94 valence electrons. The first-order chi connectivity index (χ1) is 8.49. The third-order valence-electron chi connectivity index (χ3n) is 2.88. The minimum Gasteiger partial charge on any atom is -0.481 e. The van der Waals surface area contributed by atoms with E-state index in [9.17, 15) is 4.79 Å². The average Bonchev–Trinajstić information content (AvgIpc) is 2.78. The summed E-state index contributed by atoms with van der Waals surface area (Å²) in [6, 6.07) is 9.75. The second kappa shape index (κ2) is 4.64. The molecule has 4 nitrogen and oxygen atoms in total. The first-order valence-electron chi connectivity index (χ1n) is 5.81. The minimum atomic E-state index is -0.796. The van der Waals surface area contributed by atoms with Gasteiger partial charge in [0.05, 0.1) is 17.3 Å². The Balaban J connectivity index is 2.19. The second-order valence-electron chi connectivity index (χ2n) is 4.99. The fourth-order valence-electron chi connectivity index (χ4n) is 1.76. The highest BCUT2D eigenvalue weighted by atomic mass is 16.4. The van der Waals surface area contributed by atoms with E-state index in [1.807, 2.05) is 36.5 Å². The molecule has 0 saturated carbocycles. The van der Waals surface area contributed by atoms with Crippen LogP contribution in [0, 0.1) is 5.41 Å². The molecule has 0 aliphatic heterocycles. The van der Waals surface area contributed by atoms with Crippen molar-refractivity contribution in [2.75, 3.05) is 0 Å². The van der Waals surface area contributed by atoms with E-state index in [0.29, 0.717) is 6.42 Å².